The first-order valence-corrected chi connectivity index (χ1v) is 3.17. The van der Waals surface area contributed by atoms with Crippen LogP contribution >= 0.6 is 21.9 Å². The number of hydrogen-bond acceptors (Lipinski definition) is 0. The van der Waals surface area contributed by atoms with Crippen molar-refractivity contribution in [1.29, 1.82) is 0 Å². The zero-order chi connectivity index (χ0) is 5.70. The molecule has 0 aliphatic rings. The van der Waals surface area contributed by atoms with Gasteiger partial charge in [0.25, 0.3) is 0 Å². The summed E-state index contributed by atoms with van der Waals surface area (Å²) in [5, 5.41) is 0. The van der Waals surface area contributed by atoms with E-state index in [0.717, 1.165) is 0 Å². The van der Waals surface area contributed by atoms with Gasteiger partial charge in [-0.2, -0.15) is 0 Å². The van der Waals surface area contributed by atoms with E-state index in [2.05, 4.69) is 37.6 Å². The number of halogens is 1. The van der Waals surface area contributed by atoms with Gasteiger partial charge in [-0.05, 0) is 0 Å². The van der Waals surface area contributed by atoms with Gasteiger partial charge in [0, 0.05) is 0 Å². The fourth-order valence-corrected chi connectivity index (χ4v) is 0.399. The molecular weight excluding hydrogens is 199 g/mol. The maximum absolute atomic E-state index is 2.96. The van der Waals surface area contributed by atoms with Gasteiger partial charge in [0.1, 0.15) is 0 Å². The summed E-state index contributed by atoms with van der Waals surface area (Å²) in [5.41, 5.74) is 0. The Hall–Kier alpha value is 0.0700. The monoisotopic (exact) mass is 206 g/mol. The quantitative estimate of drug-likeness (QED) is 0.420. The van der Waals surface area contributed by atoms with Crippen LogP contribution in [0.25, 0.3) is 0 Å². The van der Waals surface area contributed by atoms with Crippen LogP contribution in [0.4, 0.5) is 0 Å². The summed E-state index contributed by atoms with van der Waals surface area (Å²) in [5.74, 6) is 6.05. The average molecular weight is 206 g/mol. The van der Waals surface area contributed by atoms with Crippen molar-refractivity contribution in [1.82, 2.24) is 0 Å². The Morgan fingerprint density at radius 3 is 2.29 bits per heavy atom. The fraction of sp³-hybridized carbons (Fsp3) is 0.500. The predicted molar refractivity (Wildman–Crippen MR) is 40.5 cm³/mol. The van der Waals surface area contributed by atoms with Crippen LogP contribution in [-0.4, -0.2) is 0 Å². The van der Waals surface area contributed by atoms with Crippen molar-refractivity contribution in [3.8, 4) is 15.7 Å². The van der Waals surface area contributed by atoms with E-state index in [1.807, 2.05) is 13.8 Å². The Balaban J connectivity index is 3.57. The Kier molecular flexibility index (Phi) is 4.28. The van der Waals surface area contributed by atoms with Gasteiger partial charge >= 0.3 is 57.3 Å². The van der Waals surface area contributed by atoms with Crippen molar-refractivity contribution in [3.63, 3.8) is 0 Å². The first-order valence-electron chi connectivity index (χ1n) is 2.09. The van der Waals surface area contributed by atoms with Crippen LogP contribution in [0.3, 0.4) is 0 Å². The van der Waals surface area contributed by atoms with Gasteiger partial charge in [0.15, 0.2) is 0 Å². The summed E-state index contributed by atoms with van der Waals surface area (Å²) in [4.78, 5) is 0. The third-order valence-corrected chi connectivity index (χ3v) is 1.46. The third kappa shape index (κ3) is 3.91. The van der Waals surface area contributed by atoms with E-state index in [-0.39, 0.29) is 0 Å². The van der Waals surface area contributed by atoms with Gasteiger partial charge in [0.05, 0.1) is 0 Å². The van der Waals surface area contributed by atoms with Gasteiger partial charge in [-0.15, -0.1) is 0 Å². The second-order valence-corrected chi connectivity index (χ2v) is 1.85. The molecule has 0 N–H and O–H groups in total. The van der Waals surface area contributed by atoms with Gasteiger partial charge in [0.2, 0.25) is 0 Å². The molecule has 1 heteroatoms. The summed E-state index contributed by atoms with van der Waals surface area (Å²) >= 11 is 2.08. The molecule has 0 saturated carbocycles. The molecule has 0 rings (SSSR count). The van der Waals surface area contributed by atoms with Gasteiger partial charge in [-0.3, -0.25) is 0 Å². The maximum atomic E-state index is 2.96. The number of hydrogen-bond donors (Lipinski definition) is 0. The van der Waals surface area contributed by atoms with Crippen molar-refractivity contribution in [2.75, 3.05) is 0 Å². The Morgan fingerprint density at radius 1 is 1.57 bits per heavy atom. The summed E-state index contributed by atoms with van der Waals surface area (Å²) in [6, 6.07) is 0. The van der Waals surface area contributed by atoms with E-state index in [0.29, 0.717) is 5.92 Å². The third-order valence-electron chi connectivity index (χ3n) is 0.525. The molecule has 0 aromatic carbocycles. The molecule has 38 valence electrons. The molecular formula is C6H7I. The minimum atomic E-state index is 0.325. The fourth-order valence-electron chi connectivity index (χ4n) is 0.244. The molecule has 0 bridgehead atoms. The summed E-state index contributed by atoms with van der Waals surface area (Å²) < 4.78 is 2.96. The van der Waals surface area contributed by atoms with Crippen molar-refractivity contribution < 1.29 is 0 Å². The molecule has 0 amide bonds. The van der Waals surface area contributed by atoms with Gasteiger partial charge in [-0.25, -0.2) is 0 Å². The Labute approximate surface area is 57.5 Å². The molecule has 1 unspecified atom stereocenters. The summed E-state index contributed by atoms with van der Waals surface area (Å²) in [7, 11) is 0. The van der Waals surface area contributed by atoms with Crippen LogP contribution in [0.2, 0.25) is 0 Å². The zero-order valence-electron chi connectivity index (χ0n) is 4.46. The van der Waals surface area contributed by atoms with Crippen LogP contribution in [0, 0.1) is 21.6 Å². The molecule has 0 radical (unpaired) electrons. The van der Waals surface area contributed by atoms with E-state index in [4.69, 9.17) is 0 Å². The molecule has 0 spiro atoms. The van der Waals surface area contributed by atoms with Gasteiger partial charge in [-0.1, -0.05) is 0 Å². The molecule has 0 aromatic rings. The molecule has 0 fully saturated rings. The molecule has 0 aromatic heterocycles. The Morgan fingerprint density at radius 2 is 2.14 bits per heavy atom. The van der Waals surface area contributed by atoms with E-state index >= 15 is 0 Å². The molecule has 7 heavy (non-hydrogen) atoms. The van der Waals surface area contributed by atoms with Crippen molar-refractivity contribution in [2.45, 2.75) is 13.8 Å². The van der Waals surface area contributed by atoms with Crippen LogP contribution in [0.15, 0.2) is 0 Å². The van der Waals surface area contributed by atoms with Crippen molar-refractivity contribution >= 4 is 21.9 Å². The zero-order valence-corrected chi connectivity index (χ0v) is 6.61. The summed E-state index contributed by atoms with van der Waals surface area (Å²) in [6.07, 6.45) is 0. The van der Waals surface area contributed by atoms with Crippen LogP contribution in [0.1, 0.15) is 13.8 Å². The SMILES string of the molecule is CC#CC(C)C#I. The standard InChI is InChI=1S/C6H7I/c1-3-4-6(2)5-7/h6H,1-2H3. The van der Waals surface area contributed by atoms with Crippen molar-refractivity contribution in [3.05, 3.63) is 0 Å². The first kappa shape index (κ1) is 7.07. The van der Waals surface area contributed by atoms with E-state index in [1.165, 1.54) is 0 Å². The predicted octanol–water partition coefficient (Wildman–Crippen LogP) is 2.04. The van der Waals surface area contributed by atoms with E-state index in [9.17, 15) is 0 Å². The number of rotatable bonds is 0. The van der Waals surface area contributed by atoms with Crippen LogP contribution in [-0.2, 0) is 0 Å². The second kappa shape index (κ2) is 4.23. The Bertz CT molecular complexity index is 130. The summed E-state index contributed by atoms with van der Waals surface area (Å²) in [6.45, 7) is 3.85. The second-order valence-electron chi connectivity index (χ2n) is 1.23. The van der Waals surface area contributed by atoms with Crippen molar-refractivity contribution in [2.24, 2.45) is 5.92 Å². The molecule has 0 aliphatic carbocycles. The molecule has 0 heterocycles. The minimum absolute atomic E-state index is 0.325. The normalized spacial score (nSPS) is 10.6. The molecule has 0 aliphatic heterocycles. The molecule has 0 saturated heterocycles. The van der Waals surface area contributed by atoms with Crippen LogP contribution in [0.5, 0.6) is 0 Å². The van der Waals surface area contributed by atoms with Gasteiger partial charge < -0.3 is 0 Å². The van der Waals surface area contributed by atoms with E-state index in [1.54, 1.807) is 0 Å². The van der Waals surface area contributed by atoms with Crippen LogP contribution < -0.4 is 0 Å². The molecule has 1 atom stereocenters. The van der Waals surface area contributed by atoms with E-state index < -0.39 is 0 Å². The first-order chi connectivity index (χ1) is 3.31. The average Bonchev–Trinajstić information content (AvgIpc) is 1.68. The topological polar surface area (TPSA) is 0 Å². The molecule has 0 nitrogen and oxygen atoms in total.